The van der Waals surface area contributed by atoms with Crippen LogP contribution in [0.4, 0.5) is 0 Å². The first-order chi connectivity index (χ1) is 9.34. The normalized spacial score (nSPS) is 18.3. The molecule has 1 aliphatic rings. The Hall–Kier alpha value is -1.61. The lowest BCUT2D eigenvalue weighted by molar-refractivity contribution is 0.455. The summed E-state index contributed by atoms with van der Waals surface area (Å²) in [5.74, 6) is 0. The van der Waals surface area contributed by atoms with Gasteiger partial charge in [0.25, 0.3) is 0 Å². The number of benzene rings is 1. The fourth-order valence-electron chi connectivity index (χ4n) is 2.95. The number of nitrogens with zero attached hydrogens (tertiary/aromatic N) is 2. The fraction of sp³-hybridized carbons (Fsp3) is 0.438. The molecule has 100 valence electrons. The van der Waals surface area contributed by atoms with Gasteiger partial charge in [0.2, 0.25) is 0 Å². The van der Waals surface area contributed by atoms with Crippen molar-refractivity contribution in [3.8, 4) is 0 Å². The highest BCUT2D eigenvalue weighted by Gasteiger charge is 2.22. The van der Waals surface area contributed by atoms with Crippen LogP contribution in [0.5, 0.6) is 0 Å². The molecule has 0 saturated carbocycles. The Morgan fingerprint density at radius 3 is 3.00 bits per heavy atom. The summed E-state index contributed by atoms with van der Waals surface area (Å²) in [7, 11) is 2.05. The van der Waals surface area contributed by atoms with E-state index in [1.54, 1.807) is 0 Å². The van der Waals surface area contributed by atoms with Crippen LogP contribution in [0.1, 0.15) is 35.7 Å². The van der Waals surface area contributed by atoms with Crippen LogP contribution in [-0.4, -0.2) is 16.3 Å². The Kier molecular flexibility index (Phi) is 3.65. The number of rotatable bonds is 4. The van der Waals surface area contributed by atoms with E-state index in [-0.39, 0.29) is 0 Å². The van der Waals surface area contributed by atoms with Gasteiger partial charge in [-0.25, -0.2) is 0 Å². The highest BCUT2D eigenvalue weighted by Crippen LogP contribution is 2.28. The van der Waals surface area contributed by atoms with Gasteiger partial charge in [-0.2, -0.15) is 5.10 Å². The number of aryl methyl sites for hydroxylation is 1. The molecular formula is C16H21N3. The van der Waals surface area contributed by atoms with Gasteiger partial charge in [-0.05, 0) is 37.8 Å². The van der Waals surface area contributed by atoms with E-state index in [1.807, 2.05) is 17.9 Å². The summed E-state index contributed by atoms with van der Waals surface area (Å²) >= 11 is 0. The molecule has 3 heteroatoms. The van der Waals surface area contributed by atoms with Crippen molar-refractivity contribution < 1.29 is 0 Å². The molecule has 1 atom stereocenters. The number of hydrogen-bond donors (Lipinski definition) is 1. The van der Waals surface area contributed by atoms with Crippen molar-refractivity contribution in [1.29, 1.82) is 0 Å². The zero-order valence-corrected chi connectivity index (χ0v) is 11.5. The maximum atomic E-state index is 4.39. The Morgan fingerprint density at radius 1 is 1.32 bits per heavy atom. The predicted octanol–water partition coefficient (Wildman–Crippen LogP) is 2.63. The number of aromatic nitrogens is 2. The minimum Gasteiger partial charge on any atom is -0.309 e. The molecule has 0 saturated heterocycles. The molecule has 1 aromatic carbocycles. The maximum Gasteiger partial charge on any atom is 0.0540 e. The SMILES string of the molecule is Cn1ncc2c1CCCC2NCCc1ccccc1. The number of hydrogen-bond acceptors (Lipinski definition) is 2. The predicted molar refractivity (Wildman–Crippen MR) is 77.0 cm³/mol. The second-order valence-electron chi connectivity index (χ2n) is 5.30. The maximum absolute atomic E-state index is 4.39. The molecule has 19 heavy (non-hydrogen) atoms. The van der Waals surface area contributed by atoms with Crippen LogP contribution < -0.4 is 5.32 Å². The summed E-state index contributed by atoms with van der Waals surface area (Å²) in [6, 6.07) is 11.2. The van der Waals surface area contributed by atoms with Gasteiger partial charge in [0.05, 0.1) is 6.20 Å². The van der Waals surface area contributed by atoms with E-state index in [1.165, 1.54) is 36.1 Å². The monoisotopic (exact) mass is 255 g/mol. The molecule has 0 radical (unpaired) electrons. The number of fused-ring (bicyclic) bond motifs is 1. The van der Waals surface area contributed by atoms with Crippen molar-refractivity contribution in [3.63, 3.8) is 0 Å². The molecule has 0 bridgehead atoms. The molecule has 2 aromatic rings. The summed E-state index contributed by atoms with van der Waals surface area (Å²) in [5.41, 5.74) is 4.21. The summed E-state index contributed by atoms with van der Waals surface area (Å²) in [5, 5.41) is 8.08. The van der Waals surface area contributed by atoms with Crippen LogP contribution in [0.25, 0.3) is 0 Å². The lowest BCUT2D eigenvalue weighted by atomic mass is 9.93. The molecule has 1 aliphatic carbocycles. The Morgan fingerprint density at radius 2 is 2.16 bits per heavy atom. The van der Waals surface area contributed by atoms with Crippen molar-refractivity contribution in [2.75, 3.05) is 6.54 Å². The van der Waals surface area contributed by atoms with E-state index >= 15 is 0 Å². The van der Waals surface area contributed by atoms with Crippen molar-refractivity contribution in [2.24, 2.45) is 7.05 Å². The lowest BCUT2D eigenvalue weighted by Crippen LogP contribution is -2.27. The summed E-state index contributed by atoms with van der Waals surface area (Å²) in [6.07, 6.45) is 6.79. The minimum atomic E-state index is 0.487. The molecule has 0 aliphatic heterocycles. The zero-order valence-electron chi connectivity index (χ0n) is 11.5. The van der Waals surface area contributed by atoms with Crippen molar-refractivity contribution >= 4 is 0 Å². The van der Waals surface area contributed by atoms with Crippen molar-refractivity contribution in [2.45, 2.75) is 31.7 Å². The van der Waals surface area contributed by atoms with Gasteiger partial charge < -0.3 is 5.32 Å². The first-order valence-electron chi connectivity index (χ1n) is 7.12. The third-order valence-corrected chi connectivity index (χ3v) is 4.02. The average Bonchev–Trinajstić information content (AvgIpc) is 2.83. The van der Waals surface area contributed by atoms with E-state index in [0.717, 1.165) is 13.0 Å². The van der Waals surface area contributed by atoms with Crippen molar-refractivity contribution in [3.05, 3.63) is 53.3 Å². The number of nitrogens with one attached hydrogen (secondary N) is 1. The third kappa shape index (κ3) is 2.71. The highest BCUT2D eigenvalue weighted by molar-refractivity contribution is 5.24. The van der Waals surface area contributed by atoms with Gasteiger partial charge in [0.1, 0.15) is 0 Å². The molecule has 3 rings (SSSR count). The first kappa shape index (κ1) is 12.4. The van der Waals surface area contributed by atoms with Gasteiger partial charge in [0.15, 0.2) is 0 Å². The topological polar surface area (TPSA) is 29.9 Å². The Labute approximate surface area is 114 Å². The van der Waals surface area contributed by atoms with Gasteiger partial charge >= 0.3 is 0 Å². The van der Waals surface area contributed by atoms with E-state index in [2.05, 4.69) is 40.7 Å². The molecule has 1 heterocycles. The summed E-state index contributed by atoms with van der Waals surface area (Å²) in [6.45, 7) is 1.03. The fourth-order valence-corrected chi connectivity index (χ4v) is 2.95. The molecular weight excluding hydrogens is 234 g/mol. The smallest absolute Gasteiger partial charge is 0.0540 e. The van der Waals surface area contributed by atoms with E-state index < -0.39 is 0 Å². The van der Waals surface area contributed by atoms with Crippen LogP contribution in [0.3, 0.4) is 0 Å². The molecule has 1 unspecified atom stereocenters. The first-order valence-corrected chi connectivity index (χ1v) is 7.12. The second-order valence-corrected chi connectivity index (χ2v) is 5.30. The Bertz CT molecular complexity index is 530. The average molecular weight is 255 g/mol. The van der Waals surface area contributed by atoms with Gasteiger partial charge in [0, 0.05) is 24.3 Å². The van der Waals surface area contributed by atoms with E-state index in [9.17, 15) is 0 Å². The van der Waals surface area contributed by atoms with Crippen LogP contribution >= 0.6 is 0 Å². The van der Waals surface area contributed by atoms with Crippen molar-refractivity contribution in [1.82, 2.24) is 15.1 Å². The Balaban J connectivity index is 1.59. The quantitative estimate of drug-likeness (QED) is 0.910. The van der Waals surface area contributed by atoms with Crippen LogP contribution in [0.15, 0.2) is 36.5 Å². The largest absolute Gasteiger partial charge is 0.309 e. The highest BCUT2D eigenvalue weighted by atomic mass is 15.3. The van der Waals surface area contributed by atoms with Gasteiger partial charge in [-0.3, -0.25) is 4.68 Å². The minimum absolute atomic E-state index is 0.487. The summed E-state index contributed by atoms with van der Waals surface area (Å²) in [4.78, 5) is 0. The lowest BCUT2D eigenvalue weighted by Gasteiger charge is -2.24. The molecule has 0 amide bonds. The van der Waals surface area contributed by atoms with E-state index in [4.69, 9.17) is 0 Å². The van der Waals surface area contributed by atoms with Crippen LogP contribution in [-0.2, 0) is 19.9 Å². The zero-order chi connectivity index (χ0) is 13.1. The molecule has 3 nitrogen and oxygen atoms in total. The molecule has 1 N–H and O–H groups in total. The van der Waals surface area contributed by atoms with Gasteiger partial charge in [-0.1, -0.05) is 30.3 Å². The van der Waals surface area contributed by atoms with Crippen LogP contribution in [0, 0.1) is 0 Å². The molecule has 0 fully saturated rings. The van der Waals surface area contributed by atoms with E-state index in [0.29, 0.717) is 6.04 Å². The second kappa shape index (κ2) is 5.57. The van der Waals surface area contributed by atoms with Crippen LogP contribution in [0.2, 0.25) is 0 Å². The standard InChI is InChI=1S/C16H21N3/c1-19-16-9-5-8-15(14(16)12-18-19)17-11-10-13-6-3-2-4-7-13/h2-4,6-7,12,15,17H,5,8-11H2,1H3. The summed E-state index contributed by atoms with van der Waals surface area (Å²) < 4.78 is 2.03. The molecule has 1 aromatic heterocycles. The third-order valence-electron chi connectivity index (χ3n) is 4.02. The van der Waals surface area contributed by atoms with Gasteiger partial charge in [-0.15, -0.1) is 0 Å². The molecule has 0 spiro atoms.